The van der Waals surface area contributed by atoms with Gasteiger partial charge in [-0.15, -0.1) is 0 Å². The molecule has 0 fully saturated rings. The van der Waals surface area contributed by atoms with Gasteiger partial charge in [0, 0.05) is 14.0 Å². The van der Waals surface area contributed by atoms with Crippen molar-refractivity contribution in [3.05, 3.63) is 0 Å². The van der Waals surface area contributed by atoms with Gasteiger partial charge in [0.15, 0.2) is 0 Å². The van der Waals surface area contributed by atoms with Crippen LogP contribution in [0.5, 0.6) is 0 Å². The van der Waals surface area contributed by atoms with Gasteiger partial charge in [-0.2, -0.15) is 0 Å². The Kier molecular flexibility index (Phi) is 3.62. The van der Waals surface area contributed by atoms with E-state index in [1.165, 1.54) is 20.9 Å². The normalized spacial score (nSPS) is 14.2. The second-order valence-electron chi connectivity index (χ2n) is 3.23. The van der Waals surface area contributed by atoms with Crippen molar-refractivity contribution in [1.29, 1.82) is 0 Å². The fourth-order valence-electron chi connectivity index (χ4n) is 0.980. The van der Waals surface area contributed by atoms with Crippen LogP contribution in [-0.4, -0.2) is 45.5 Å². The van der Waals surface area contributed by atoms with Crippen LogP contribution in [-0.2, 0) is 14.4 Å². The average molecular weight is 203 g/mol. The van der Waals surface area contributed by atoms with Crippen molar-refractivity contribution in [3.63, 3.8) is 0 Å². The van der Waals surface area contributed by atoms with Gasteiger partial charge in [-0.05, 0) is 6.92 Å². The van der Waals surface area contributed by atoms with Crippen LogP contribution < -0.4 is 0 Å². The zero-order valence-electron chi connectivity index (χ0n) is 8.27. The predicted octanol–water partition coefficient (Wildman–Crippen LogP) is -0.217. The van der Waals surface area contributed by atoms with Crippen molar-refractivity contribution in [3.8, 4) is 0 Å². The van der Waals surface area contributed by atoms with Crippen molar-refractivity contribution in [1.82, 2.24) is 4.90 Å². The molecule has 0 aromatic carbocycles. The molecule has 0 aliphatic heterocycles. The quantitative estimate of drug-likeness (QED) is 0.658. The largest absolute Gasteiger partial charge is 0.481 e. The first-order valence-electron chi connectivity index (χ1n) is 3.91. The van der Waals surface area contributed by atoms with Crippen molar-refractivity contribution in [2.45, 2.75) is 25.8 Å². The van der Waals surface area contributed by atoms with E-state index in [0.29, 0.717) is 0 Å². The summed E-state index contributed by atoms with van der Waals surface area (Å²) in [5.74, 6) is -3.09. The molecule has 0 rings (SSSR count). The van der Waals surface area contributed by atoms with Crippen molar-refractivity contribution < 1.29 is 24.6 Å². The molecule has 0 saturated carbocycles. The zero-order chi connectivity index (χ0) is 11.5. The summed E-state index contributed by atoms with van der Waals surface area (Å²) >= 11 is 0. The van der Waals surface area contributed by atoms with Crippen LogP contribution in [0.25, 0.3) is 0 Å². The third-order valence-electron chi connectivity index (χ3n) is 2.17. The first kappa shape index (κ1) is 12.4. The standard InChI is InChI=1S/C8H13NO5/c1-5(10)9(3)8(2,7(13)14)4-6(11)12/h4H2,1-3H3,(H,11,12)(H,13,14)/t8-/m0/s1. The van der Waals surface area contributed by atoms with Crippen molar-refractivity contribution in [2.24, 2.45) is 0 Å². The van der Waals surface area contributed by atoms with Crippen LogP contribution in [0.1, 0.15) is 20.3 Å². The molecule has 6 nitrogen and oxygen atoms in total. The molecule has 0 spiro atoms. The Morgan fingerprint density at radius 3 is 1.93 bits per heavy atom. The number of carboxylic acid groups (broad SMARTS) is 2. The third-order valence-corrected chi connectivity index (χ3v) is 2.17. The molecule has 0 bridgehead atoms. The highest BCUT2D eigenvalue weighted by molar-refractivity contribution is 5.89. The van der Waals surface area contributed by atoms with Gasteiger partial charge in [-0.1, -0.05) is 0 Å². The topological polar surface area (TPSA) is 94.9 Å². The van der Waals surface area contributed by atoms with Crippen molar-refractivity contribution in [2.75, 3.05) is 7.05 Å². The summed E-state index contributed by atoms with van der Waals surface area (Å²) in [6.45, 7) is 2.38. The van der Waals surface area contributed by atoms with E-state index in [1.807, 2.05) is 0 Å². The maximum absolute atomic E-state index is 10.9. The Hall–Kier alpha value is -1.59. The fourth-order valence-corrected chi connectivity index (χ4v) is 0.980. The molecule has 1 atom stereocenters. The molecule has 0 radical (unpaired) electrons. The van der Waals surface area contributed by atoms with Crippen LogP contribution in [0.2, 0.25) is 0 Å². The van der Waals surface area contributed by atoms with E-state index in [9.17, 15) is 14.4 Å². The van der Waals surface area contributed by atoms with E-state index in [2.05, 4.69) is 0 Å². The number of likely N-dealkylation sites (N-methyl/N-ethyl adjacent to an activating group) is 1. The van der Waals surface area contributed by atoms with Gasteiger partial charge < -0.3 is 15.1 Å². The summed E-state index contributed by atoms with van der Waals surface area (Å²) in [6, 6.07) is 0. The molecule has 0 aromatic rings. The van der Waals surface area contributed by atoms with E-state index < -0.39 is 29.8 Å². The maximum Gasteiger partial charge on any atom is 0.329 e. The predicted molar refractivity (Wildman–Crippen MR) is 46.7 cm³/mol. The Balaban J connectivity index is 4.99. The highest BCUT2D eigenvalue weighted by Gasteiger charge is 2.41. The highest BCUT2D eigenvalue weighted by Crippen LogP contribution is 2.18. The highest BCUT2D eigenvalue weighted by atomic mass is 16.4. The molecule has 0 aliphatic rings. The number of carbonyl (C=O) groups excluding carboxylic acids is 1. The van der Waals surface area contributed by atoms with Crippen LogP contribution >= 0.6 is 0 Å². The second kappa shape index (κ2) is 4.08. The van der Waals surface area contributed by atoms with Gasteiger partial charge in [0.05, 0.1) is 6.42 Å². The molecule has 2 N–H and O–H groups in total. The van der Waals surface area contributed by atoms with Gasteiger partial charge in [-0.25, -0.2) is 4.79 Å². The fraction of sp³-hybridized carbons (Fsp3) is 0.625. The summed E-state index contributed by atoms with van der Waals surface area (Å²) in [6.07, 6.45) is -0.627. The lowest BCUT2D eigenvalue weighted by molar-refractivity contribution is -0.160. The Bertz CT molecular complexity index is 275. The minimum absolute atomic E-state index is 0.490. The van der Waals surface area contributed by atoms with Gasteiger partial charge in [0.1, 0.15) is 5.54 Å². The second-order valence-corrected chi connectivity index (χ2v) is 3.23. The van der Waals surface area contributed by atoms with Crippen LogP contribution in [0, 0.1) is 0 Å². The number of hydrogen-bond acceptors (Lipinski definition) is 3. The molecular weight excluding hydrogens is 190 g/mol. The smallest absolute Gasteiger partial charge is 0.329 e. The molecular formula is C8H13NO5. The number of carbonyl (C=O) groups is 3. The van der Waals surface area contributed by atoms with Crippen molar-refractivity contribution >= 4 is 17.8 Å². The summed E-state index contributed by atoms with van der Waals surface area (Å²) in [5.41, 5.74) is -1.70. The van der Waals surface area contributed by atoms with Gasteiger partial charge >= 0.3 is 11.9 Å². The lowest BCUT2D eigenvalue weighted by Crippen LogP contribution is -2.53. The van der Waals surface area contributed by atoms with E-state index in [4.69, 9.17) is 10.2 Å². The SMILES string of the molecule is CC(=O)N(C)[C@@](C)(CC(=O)O)C(=O)O. The minimum atomic E-state index is -1.70. The van der Waals surface area contributed by atoms with Gasteiger partial charge in [0.25, 0.3) is 0 Å². The summed E-state index contributed by atoms with van der Waals surface area (Å²) in [4.78, 5) is 33.1. The molecule has 1 amide bonds. The van der Waals surface area contributed by atoms with Crippen LogP contribution in [0.15, 0.2) is 0 Å². The molecule has 0 aromatic heterocycles. The monoisotopic (exact) mass is 203 g/mol. The molecule has 6 heteroatoms. The van der Waals surface area contributed by atoms with Crippen LogP contribution in [0.4, 0.5) is 0 Å². The molecule has 14 heavy (non-hydrogen) atoms. The Morgan fingerprint density at radius 1 is 1.29 bits per heavy atom. The van der Waals surface area contributed by atoms with E-state index >= 15 is 0 Å². The number of hydrogen-bond donors (Lipinski definition) is 2. The average Bonchev–Trinajstić information content (AvgIpc) is 2.00. The number of aliphatic carboxylic acids is 2. The molecule has 0 aliphatic carbocycles. The minimum Gasteiger partial charge on any atom is -0.481 e. The molecule has 80 valence electrons. The maximum atomic E-state index is 10.9. The lowest BCUT2D eigenvalue weighted by atomic mass is 9.96. The first-order valence-corrected chi connectivity index (χ1v) is 3.91. The molecule has 0 unspecified atom stereocenters. The number of amides is 1. The summed E-state index contributed by atoms with van der Waals surface area (Å²) in [7, 11) is 1.26. The number of nitrogens with zero attached hydrogens (tertiary/aromatic N) is 1. The lowest BCUT2D eigenvalue weighted by Gasteiger charge is -2.32. The van der Waals surface area contributed by atoms with Gasteiger partial charge in [0.2, 0.25) is 5.91 Å². The summed E-state index contributed by atoms with van der Waals surface area (Å²) in [5, 5.41) is 17.4. The Morgan fingerprint density at radius 2 is 1.71 bits per heavy atom. The molecule has 0 heterocycles. The van der Waals surface area contributed by atoms with E-state index in [0.717, 1.165) is 4.90 Å². The Labute approximate surface area is 81.1 Å². The molecule has 0 saturated heterocycles. The summed E-state index contributed by atoms with van der Waals surface area (Å²) < 4.78 is 0. The third kappa shape index (κ3) is 2.45. The number of rotatable bonds is 4. The van der Waals surface area contributed by atoms with E-state index in [1.54, 1.807) is 0 Å². The zero-order valence-corrected chi connectivity index (χ0v) is 8.27. The number of carboxylic acids is 2. The van der Waals surface area contributed by atoms with Gasteiger partial charge in [-0.3, -0.25) is 9.59 Å². The van der Waals surface area contributed by atoms with Crippen LogP contribution in [0.3, 0.4) is 0 Å². The van der Waals surface area contributed by atoms with E-state index in [-0.39, 0.29) is 0 Å². The first-order chi connectivity index (χ1) is 6.21.